The molecule has 0 atom stereocenters. The highest BCUT2D eigenvalue weighted by Gasteiger charge is 2.45. The van der Waals surface area contributed by atoms with E-state index >= 15 is 0 Å². The average molecular weight is 341 g/mol. The number of methoxy groups -OCH3 is 2. The Morgan fingerprint density at radius 1 is 1.04 bits per heavy atom. The first-order valence-corrected chi connectivity index (χ1v) is 8.32. The van der Waals surface area contributed by atoms with Crippen LogP contribution in [0, 0.1) is 0 Å². The van der Waals surface area contributed by atoms with Crippen LogP contribution in [0.3, 0.4) is 0 Å². The third-order valence-corrected chi connectivity index (χ3v) is 4.70. The molecule has 1 aliphatic rings. The van der Waals surface area contributed by atoms with E-state index < -0.39 is 11.9 Å². The molecule has 0 unspecified atom stereocenters. The van der Waals surface area contributed by atoms with Crippen LogP contribution < -0.4 is 5.32 Å². The van der Waals surface area contributed by atoms with E-state index in [1.807, 2.05) is 54.6 Å². The second kappa shape index (κ2) is 7.68. The van der Waals surface area contributed by atoms with Crippen LogP contribution in [0.2, 0.25) is 0 Å². The summed E-state index contributed by atoms with van der Waals surface area (Å²) in [5.41, 5.74) is 2.89. The summed E-state index contributed by atoms with van der Waals surface area (Å²) in [7, 11) is 3.35. The molecule has 3 rings (SSSR count). The Morgan fingerprint density at radius 3 is 2.28 bits per heavy atom. The predicted molar refractivity (Wildman–Crippen MR) is 95.4 cm³/mol. The maximum absolute atomic E-state index is 11.9. The van der Waals surface area contributed by atoms with Crippen molar-refractivity contribution >= 4 is 11.8 Å². The summed E-state index contributed by atoms with van der Waals surface area (Å²) < 4.78 is 16.1. The molecule has 0 aromatic heterocycles. The van der Waals surface area contributed by atoms with Gasteiger partial charge in [-0.1, -0.05) is 42.5 Å². The largest absolute Gasteiger partial charge is 0.444 e. The van der Waals surface area contributed by atoms with E-state index in [2.05, 4.69) is 5.32 Å². The number of hydrogen-bond acceptors (Lipinski definition) is 4. The van der Waals surface area contributed by atoms with Gasteiger partial charge in [0.25, 0.3) is 0 Å². The van der Waals surface area contributed by atoms with Crippen LogP contribution >= 0.6 is 0 Å². The van der Waals surface area contributed by atoms with E-state index in [1.165, 1.54) is 5.56 Å². The standard InChI is InChI=1S/C20H23NO4/c1-23-20(24-2)12-17(13-20)16-8-10-18(11-9-16)21-19(22)25-14-15-6-4-3-5-7-15/h3-11,17H,12-14H2,1-2H3,(H,21,22). The lowest BCUT2D eigenvalue weighted by Gasteiger charge is -2.45. The summed E-state index contributed by atoms with van der Waals surface area (Å²) in [5, 5.41) is 2.74. The minimum Gasteiger partial charge on any atom is -0.444 e. The lowest BCUT2D eigenvalue weighted by atomic mass is 9.74. The number of carbonyl (C=O) groups excluding carboxylic acids is 1. The predicted octanol–water partition coefficient (Wildman–Crippen LogP) is 4.30. The smallest absolute Gasteiger partial charge is 0.411 e. The Labute approximate surface area is 147 Å². The highest BCUT2D eigenvalue weighted by atomic mass is 16.7. The van der Waals surface area contributed by atoms with Crippen LogP contribution in [-0.4, -0.2) is 26.1 Å². The molecular weight excluding hydrogens is 318 g/mol. The monoisotopic (exact) mass is 341 g/mol. The van der Waals surface area contributed by atoms with Gasteiger partial charge in [-0.15, -0.1) is 0 Å². The number of ether oxygens (including phenoxy) is 3. The summed E-state index contributed by atoms with van der Waals surface area (Å²) >= 11 is 0. The van der Waals surface area contributed by atoms with Gasteiger partial charge in [-0.05, 0) is 29.2 Å². The molecular formula is C20H23NO4. The topological polar surface area (TPSA) is 56.8 Å². The third kappa shape index (κ3) is 4.18. The van der Waals surface area contributed by atoms with Crippen LogP contribution in [-0.2, 0) is 20.8 Å². The van der Waals surface area contributed by atoms with Crippen LogP contribution in [0.15, 0.2) is 54.6 Å². The quantitative estimate of drug-likeness (QED) is 0.796. The van der Waals surface area contributed by atoms with Gasteiger partial charge >= 0.3 is 6.09 Å². The van der Waals surface area contributed by atoms with E-state index in [1.54, 1.807) is 14.2 Å². The first-order chi connectivity index (χ1) is 12.1. The molecule has 1 amide bonds. The number of carbonyl (C=O) groups is 1. The van der Waals surface area contributed by atoms with Gasteiger partial charge in [0.1, 0.15) is 6.61 Å². The van der Waals surface area contributed by atoms with Gasteiger partial charge in [0.2, 0.25) is 0 Å². The number of rotatable bonds is 6. The molecule has 1 saturated carbocycles. The van der Waals surface area contributed by atoms with Gasteiger partial charge in [0.05, 0.1) is 0 Å². The zero-order valence-corrected chi connectivity index (χ0v) is 14.5. The molecule has 0 spiro atoms. The fraction of sp³-hybridized carbons (Fsp3) is 0.350. The van der Waals surface area contributed by atoms with Crippen molar-refractivity contribution in [2.45, 2.75) is 31.2 Å². The average Bonchev–Trinajstić information content (AvgIpc) is 2.62. The van der Waals surface area contributed by atoms with Gasteiger partial charge < -0.3 is 14.2 Å². The minimum atomic E-state index is -0.460. The summed E-state index contributed by atoms with van der Waals surface area (Å²) in [6.45, 7) is 0.253. The first-order valence-electron chi connectivity index (χ1n) is 8.32. The van der Waals surface area contributed by atoms with Gasteiger partial charge in [-0.2, -0.15) is 0 Å². The Bertz CT molecular complexity index is 687. The van der Waals surface area contributed by atoms with Crippen molar-refractivity contribution in [3.8, 4) is 0 Å². The van der Waals surface area contributed by atoms with Gasteiger partial charge in [0, 0.05) is 32.7 Å². The Kier molecular flexibility index (Phi) is 5.36. The number of amides is 1. The molecule has 0 radical (unpaired) electrons. The highest BCUT2D eigenvalue weighted by Crippen LogP contribution is 2.47. The molecule has 0 heterocycles. The molecule has 5 nitrogen and oxygen atoms in total. The fourth-order valence-electron chi connectivity index (χ4n) is 3.06. The Balaban J connectivity index is 1.49. The third-order valence-electron chi connectivity index (χ3n) is 4.70. The van der Waals surface area contributed by atoms with E-state index in [0.29, 0.717) is 11.6 Å². The highest BCUT2D eigenvalue weighted by molar-refractivity contribution is 5.84. The molecule has 0 aliphatic heterocycles. The fourth-order valence-corrected chi connectivity index (χ4v) is 3.06. The summed E-state index contributed by atoms with van der Waals surface area (Å²) in [5.74, 6) is -0.0259. The lowest BCUT2D eigenvalue weighted by molar-refractivity contribution is -0.257. The van der Waals surface area contributed by atoms with Crippen molar-refractivity contribution in [1.82, 2.24) is 0 Å². The maximum Gasteiger partial charge on any atom is 0.411 e. The first kappa shape index (κ1) is 17.5. The van der Waals surface area contributed by atoms with Crippen molar-refractivity contribution in [3.63, 3.8) is 0 Å². The van der Waals surface area contributed by atoms with Crippen molar-refractivity contribution < 1.29 is 19.0 Å². The Hall–Kier alpha value is -2.37. The zero-order valence-electron chi connectivity index (χ0n) is 14.5. The molecule has 0 saturated heterocycles. The molecule has 0 bridgehead atoms. The second-order valence-corrected chi connectivity index (χ2v) is 6.23. The van der Waals surface area contributed by atoms with E-state index in [9.17, 15) is 4.79 Å². The zero-order chi connectivity index (χ0) is 17.7. The van der Waals surface area contributed by atoms with Crippen LogP contribution in [0.1, 0.15) is 29.9 Å². The molecule has 25 heavy (non-hydrogen) atoms. The van der Waals surface area contributed by atoms with E-state index in [-0.39, 0.29) is 6.61 Å². The minimum absolute atomic E-state index is 0.253. The number of anilines is 1. The normalized spacial score (nSPS) is 16.1. The molecule has 5 heteroatoms. The van der Waals surface area contributed by atoms with E-state index in [4.69, 9.17) is 14.2 Å². The summed E-state index contributed by atoms with van der Waals surface area (Å²) in [4.78, 5) is 11.9. The van der Waals surface area contributed by atoms with Crippen LogP contribution in [0.25, 0.3) is 0 Å². The number of nitrogens with one attached hydrogen (secondary N) is 1. The van der Waals surface area contributed by atoms with Gasteiger partial charge in [-0.3, -0.25) is 5.32 Å². The number of hydrogen-bond donors (Lipinski definition) is 1. The number of benzene rings is 2. The van der Waals surface area contributed by atoms with E-state index in [0.717, 1.165) is 18.4 Å². The molecule has 1 N–H and O–H groups in total. The maximum atomic E-state index is 11.9. The lowest BCUT2D eigenvalue weighted by Crippen LogP contribution is -2.45. The molecule has 2 aromatic carbocycles. The molecule has 2 aromatic rings. The van der Waals surface area contributed by atoms with Crippen LogP contribution in [0.5, 0.6) is 0 Å². The van der Waals surface area contributed by atoms with Crippen molar-refractivity contribution in [1.29, 1.82) is 0 Å². The molecule has 1 fully saturated rings. The van der Waals surface area contributed by atoms with Gasteiger partial charge in [0.15, 0.2) is 5.79 Å². The van der Waals surface area contributed by atoms with Crippen molar-refractivity contribution in [3.05, 3.63) is 65.7 Å². The second-order valence-electron chi connectivity index (χ2n) is 6.23. The van der Waals surface area contributed by atoms with Crippen LogP contribution in [0.4, 0.5) is 10.5 Å². The summed E-state index contributed by atoms with van der Waals surface area (Å²) in [6.07, 6.45) is 1.22. The molecule has 132 valence electrons. The Morgan fingerprint density at radius 2 is 1.68 bits per heavy atom. The SMILES string of the molecule is COC1(OC)CC(c2ccc(NC(=O)OCc3ccccc3)cc2)C1. The van der Waals surface area contributed by atoms with Crippen molar-refractivity contribution in [2.75, 3.05) is 19.5 Å². The van der Waals surface area contributed by atoms with Crippen molar-refractivity contribution in [2.24, 2.45) is 0 Å². The molecule has 1 aliphatic carbocycles. The summed E-state index contributed by atoms with van der Waals surface area (Å²) in [6, 6.07) is 17.4. The van der Waals surface area contributed by atoms with Gasteiger partial charge in [-0.25, -0.2) is 4.79 Å².